The second-order valence-electron chi connectivity index (χ2n) is 2.78. The third-order valence-corrected chi connectivity index (χ3v) is 1.88. The van der Waals surface area contributed by atoms with Crippen molar-refractivity contribution in [2.75, 3.05) is 0 Å². The van der Waals surface area contributed by atoms with Gasteiger partial charge in [-0.3, -0.25) is 5.41 Å². The summed E-state index contributed by atoms with van der Waals surface area (Å²) in [5, 5.41) is 7.40. The fourth-order valence-corrected chi connectivity index (χ4v) is 1.26. The number of benzene rings is 1. The van der Waals surface area contributed by atoms with Gasteiger partial charge in [0.15, 0.2) is 0 Å². The topological polar surface area (TPSA) is 33.1 Å². The summed E-state index contributed by atoms with van der Waals surface area (Å²) in [5.74, 6) is 0.309. The van der Waals surface area contributed by atoms with Gasteiger partial charge in [-0.1, -0.05) is 17.7 Å². The van der Waals surface area contributed by atoms with Crippen molar-refractivity contribution in [3.8, 4) is 0 Å². The molecule has 0 saturated carbocycles. The van der Waals surface area contributed by atoms with Crippen LogP contribution in [-0.4, -0.2) is 5.90 Å². The lowest BCUT2D eigenvalue weighted by atomic mass is 10.1. The van der Waals surface area contributed by atoms with Gasteiger partial charge in [0.25, 0.3) is 0 Å². The highest BCUT2D eigenvalue weighted by molar-refractivity contribution is 5.95. The van der Waals surface area contributed by atoms with Gasteiger partial charge in [-0.25, -0.2) is 0 Å². The van der Waals surface area contributed by atoms with Crippen molar-refractivity contribution < 1.29 is 4.74 Å². The molecule has 1 heterocycles. The first-order valence-corrected chi connectivity index (χ1v) is 3.58. The van der Waals surface area contributed by atoms with Crippen LogP contribution in [-0.2, 0) is 11.3 Å². The molecule has 0 saturated heterocycles. The zero-order valence-electron chi connectivity index (χ0n) is 6.76. The first-order chi connectivity index (χ1) is 5.27. The second kappa shape index (κ2) is 3.15. The summed E-state index contributed by atoms with van der Waals surface area (Å²) in [5.41, 5.74) is 3.25. The quantitative estimate of drug-likeness (QED) is 0.658. The molecule has 0 spiro atoms. The highest BCUT2D eigenvalue weighted by Crippen LogP contribution is 2.20. The standard InChI is InChI=1S/C9H9NO.ClH/c1-6-2-3-7-5-11-9(10)8(7)4-6;/h2-4,10H,5H2,1H3;1H. The van der Waals surface area contributed by atoms with Gasteiger partial charge in [-0.15, -0.1) is 12.4 Å². The first kappa shape index (κ1) is 9.07. The Morgan fingerprint density at radius 2 is 2.17 bits per heavy atom. The Balaban J connectivity index is 0.000000720. The van der Waals surface area contributed by atoms with Crippen molar-refractivity contribution in [2.24, 2.45) is 0 Å². The van der Waals surface area contributed by atoms with Crippen LogP contribution in [0.25, 0.3) is 0 Å². The van der Waals surface area contributed by atoms with E-state index in [9.17, 15) is 0 Å². The second-order valence-corrected chi connectivity index (χ2v) is 2.78. The van der Waals surface area contributed by atoms with E-state index in [4.69, 9.17) is 10.1 Å². The molecule has 2 rings (SSSR count). The predicted octanol–water partition coefficient (Wildman–Crippen LogP) is 2.27. The van der Waals surface area contributed by atoms with Gasteiger partial charge < -0.3 is 4.74 Å². The average Bonchev–Trinajstić information content (AvgIpc) is 2.33. The largest absolute Gasteiger partial charge is 0.473 e. The van der Waals surface area contributed by atoms with E-state index < -0.39 is 0 Å². The number of fused-ring (bicyclic) bond motifs is 1. The molecule has 1 aromatic carbocycles. The molecule has 2 nitrogen and oxygen atoms in total. The lowest BCUT2D eigenvalue weighted by molar-refractivity contribution is 0.310. The fourth-order valence-electron chi connectivity index (χ4n) is 1.26. The Kier molecular flexibility index (Phi) is 2.38. The van der Waals surface area contributed by atoms with Crippen LogP contribution in [0, 0.1) is 12.3 Å². The van der Waals surface area contributed by atoms with Crippen molar-refractivity contribution in [3.05, 3.63) is 34.9 Å². The maximum absolute atomic E-state index is 7.40. The van der Waals surface area contributed by atoms with Gasteiger partial charge in [-0.2, -0.15) is 0 Å². The van der Waals surface area contributed by atoms with Gasteiger partial charge in [0.05, 0.1) is 0 Å². The minimum absolute atomic E-state index is 0. The summed E-state index contributed by atoms with van der Waals surface area (Å²) < 4.78 is 5.06. The molecule has 0 amide bonds. The Hall–Kier alpha value is -1.02. The smallest absolute Gasteiger partial charge is 0.213 e. The molecule has 3 heteroatoms. The van der Waals surface area contributed by atoms with Gasteiger partial charge in [0.1, 0.15) is 6.61 Å². The molecule has 0 bridgehead atoms. The van der Waals surface area contributed by atoms with Crippen molar-refractivity contribution in [3.63, 3.8) is 0 Å². The van der Waals surface area contributed by atoms with Crippen LogP contribution in [0.2, 0.25) is 0 Å². The molecule has 64 valence electrons. The molecule has 0 radical (unpaired) electrons. The van der Waals surface area contributed by atoms with E-state index in [0.717, 1.165) is 11.1 Å². The van der Waals surface area contributed by atoms with Crippen LogP contribution in [0.5, 0.6) is 0 Å². The van der Waals surface area contributed by atoms with Crippen molar-refractivity contribution in [2.45, 2.75) is 13.5 Å². The fraction of sp³-hybridized carbons (Fsp3) is 0.222. The zero-order chi connectivity index (χ0) is 7.84. The lowest BCUT2D eigenvalue weighted by Crippen LogP contribution is -1.93. The van der Waals surface area contributed by atoms with Crippen LogP contribution in [0.1, 0.15) is 16.7 Å². The van der Waals surface area contributed by atoms with E-state index in [1.54, 1.807) is 0 Å². The normalized spacial score (nSPS) is 13.2. The Morgan fingerprint density at radius 1 is 1.42 bits per heavy atom. The molecule has 0 unspecified atom stereocenters. The van der Waals surface area contributed by atoms with Crippen molar-refractivity contribution in [1.82, 2.24) is 0 Å². The SMILES string of the molecule is Cc1ccc2c(c1)C(=N)OC2.Cl. The summed E-state index contributed by atoms with van der Waals surface area (Å²) in [6, 6.07) is 6.05. The molecule has 0 aromatic heterocycles. The van der Waals surface area contributed by atoms with E-state index in [0.29, 0.717) is 12.5 Å². The number of hydrogen-bond acceptors (Lipinski definition) is 2. The van der Waals surface area contributed by atoms with Crippen LogP contribution < -0.4 is 0 Å². The Labute approximate surface area is 77.5 Å². The molecule has 1 aromatic rings. The van der Waals surface area contributed by atoms with Gasteiger partial charge in [0, 0.05) is 11.1 Å². The molecular formula is C9H10ClNO. The zero-order valence-corrected chi connectivity index (χ0v) is 7.57. The van der Waals surface area contributed by atoms with Crippen LogP contribution in [0.3, 0.4) is 0 Å². The number of ether oxygens (including phenoxy) is 1. The Bertz CT molecular complexity index is 322. The summed E-state index contributed by atoms with van der Waals surface area (Å²) in [7, 11) is 0. The Morgan fingerprint density at radius 3 is 2.92 bits per heavy atom. The van der Waals surface area contributed by atoms with Gasteiger partial charge >= 0.3 is 0 Å². The third-order valence-electron chi connectivity index (χ3n) is 1.88. The number of aryl methyl sites for hydroxylation is 1. The number of nitrogens with one attached hydrogen (secondary N) is 1. The number of rotatable bonds is 0. The van der Waals surface area contributed by atoms with Crippen molar-refractivity contribution in [1.29, 1.82) is 5.41 Å². The average molecular weight is 184 g/mol. The molecule has 0 fully saturated rings. The monoisotopic (exact) mass is 183 g/mol. The molecule has 12 heavy (non-hydrogen) atoms. The third kappa shape index (κ3) is 1.30. The predicted molar refractivity (Wildman–Crippen MR) is 50.0 cm³/mol. The van der Waals surface area contributed by atoms with Crippen molar-refractivity contribution >= 4 is 18.3 Å². The van der Waals surface area contributed by atoms with E-state index in [1.165, 1.54) is 5.56 Å². The van der Waals surface area contributed by atoms with Gasteiger partial charge in [0.2, 0.25) is 5.90 Å². The molecule has 0 atom stereocenters. The van der Waals surface area contributed by atoms with Crippen LogP contribution in [0.15, 0.2) is 18.2 Å². The summed E-state index contributed by atoms with van der Waals surface area (Å²) in [6.07, 6.45) is 0. The van der Waals surface area contributed by atoms with E-state index in [2.05, 4.69) is 0 Å². The first-order valence-electron chi connectivity index (χ1n) is 3.58. The molecule has 1 aliphatic heterocycles. The van der Waals surface area contributed by atoms with E-state index in [1.807, 2.05) is 25.1 Å². The molecule has 0 aliphatic carbocycles. The number of halogens is 1. The minimum atomic E-state index is 0. The van der Waals surface area contributed by atoms with E-state index >= 15 is 0 Å². The maximum atomic E-state index is 7.40. The van der Waals surface area contributed by atoms with E-state index in [-0.39, 0.29) is 12.4 Å². The summed E-state index contributed by atoms with van der Waals surface area (Å²) in [4.78, 5) is 0. The summed E-state index contributed by atoms with van der Waals surface area (Å²) in [6.45, 7) is 2.58. The lowest BCUT2D eigenvalue weighted by Gasteiger charge is -1.95. The molecule has 1 N–H and O–H groups in total. The summed E-state index contributed by atoms with van der Waals surface area (Å²) >= 11 is 0. The van der Waals surface area contributed by atoms with Crippen LogP contribution >= 0.6 is 12.4 Å². The van der Waals surface area contributed by atoms with Crippen LogP contribution in [0.4, 0.5) is 0 Å². The minimum Gasteiger partial charge on any atom is -0.473 e. The highest BCUT2D eigenvalue weighted by atomic mass is 35.5. The molecular weight excluding hydrogens is 174 g/mol. The number of hydrogen-bond donors (Lipinski definition) is 1. The highest BCUT2D eigenvalue weighted by Gasteiger charge is 2.16. The van der Waals surface area contributed by atoms with Gasteiger partial charge in [-0.05, 0) is 13.0 Å². The molecule has 1 aliphatic rings. The maximum Gasteiger partial charge on any atom is 0.213 e.